The zero-order valence-corrected chi connectivity index (χ0v) is 27.8. The van der Waals surface area contributed by atoms with E-state index in [-0.39, 0.29) is 35.0 Å². The van der Waals surface area contributed by atoms with Crippen molar-refractivity contribution in [2.45, 2.75) is 50.4 Å². The molecule has 1 aliphatic heterocycles. The summed E-state index contributed by atoms with van der Waals surface area (Å²) in [7, 11) is 3.32. The summed E-state index contributed by atoms with van der Waals surface area (Å²) in [5.74, 6) is -3.89. The third-order valence-electron chi connectivity index (χ3n) is 9.82. The summed E-state index contributed by atoms with van der Waals surface area (Å²) in [5, 5.41) is 15.4. The molecule has 2 atom stereocenters. The fraction of sp³-hybridized carbons (Fsp3) is 0.324. The second kappa shape index (κ2) is 13.2. The van der Waals surface area contributed by atoms with Gasteiger partial charge in [0.05, 0.1) is 40.4 Å². The van der Waals surface area contributed by atoms with Crippen molar-refractivity contribution in [2.75, 3.05) is 30.4 Å². The van der Waals surface area contributed by atoms with Gasteiger partial charge in [-0.05, 0) is 55.2 Å². The Morgan fingerprint density at radius 1 is 1.08 bits per heavy atom. The van der Waals surface area contributed by atoms with Crippen molar-refractivity contribution < 1.29 is 36.6 Å². The Hall–Kier alpha value is -5.08. The average Bonchev–Trinajstić information content (AvgIpc) is 3.65. The number of aliphatic hydroxyl groups is 1. The molecule has 0 unspecified atom stereocenters. The number of aromatic nitrogens is 3. The number of aryl methyl sites for hydroxylation is 1. The number of hydrogen-bond acceptors (Lipinski definition) is 6. The Labute approximate surface area is 289 Å². The summed E-state index contributed by atoms with van der Waals surface area (Å²) < 4.78 is 77.8. The lowest BCUT2D eigenvalue weighted by molar-refractivity contribution is -0.137. The van der Waals surface area contributed by atoms with Crippen molar-refractivity contribution >= 4 is 39.6 Å². The van der Waals surface area contributed by atoms with E-state index in [1.54, 1.807) is 31.1 Å². The minimum absolute atomic E-state index is 0.00882. The molecule has 1 amide bonds. The van der Waals surface area contributed by atoms with E-state index in [4.69, 9.17) is 0 Å². The normalized spacial score (nSPS) is 17.9. The van der Waals surface area contributed by atoms with Crippen molar-refractivity contribution in [2.24, 2.45) is 7.05 Å². The van der Waals surface area contributed by atoms with E-state index in [9.17, 15) is 27.9 Å². The molecule has 0 spiro atoms. The fourth-order valence-corrected chi connectivity index (χ4v) is 7.29. The third-order valence-corrected chi connectivity index (χ3v) is 9.82. The number of amides is 1. The number of aliphatic hydroxyl groups excluding tert-OH is 1. The number of carbonyl (C=O) groups excluding carboxylic acids is 2. The van der Waals surface area contributed by atoms with Gasteiger partial charge in [0.1, 0.15) is 22.8 Å². The molecule has 9 nitrogen and oxygen atoms in total. The van der Waals surface area contributed by atoms with Gasteiger partial charge in [-0.1, -0.05) is 25.0 Å². The minimum atomic E-state index is -4.72. The highest BCUT2D eigenvalue weighted by Gasteiger charge is 2.39. The Bertz CT molecular complexity index is 2200. The molecule has 1 aliphatic carbocycles. The standard InChI is InChI=1S/C37H35F5N6O3/c1-46-14-11-20-17-28(48-13-6-7-22(34(20)48)31-23(37(40,41)42)18-27-33(35(31)46)44-19-47(27)2)36(51)21-15-24(38)32(25(39)16-21)45-30(50)10-5-12-43-26-8-3-4-9-29(26)49/h5-7,10,13,15-19,26,29,43,49H,3-4,8-9,11-12,14H2,1-2H3,(H,45,50)/b10-5+/t26-,29-/m1/s1. The molecule has 14 heteroatoms. The Kier molecular flexibility index (Phi) is 8.92. The number of rotatable bonds is 7. The zero-order valence-electron chi connectivity index (χ0n) is 27.8. The Morgan fingerprint density at radius 3 is 2.55 bits per heavy atom. The maximum Gasteiger partial charge on any atom is 0.417 e. The SMILES string of the molecule is CN1CCc2cc(C(=O)c3cc(F)c(NC(=O)/C=C/CN[C@@H]4CCCC[C@H]4O)c(F)c3)n3cccc(c23)-c2c(C(F)(F)F)cc3c(ncn3C)c21. The summed E-state index contributed by atoms with van der Waals surface area (Å²) in [6, 6.07) is 7.26. The number of halogens is 5. The lowest BCUT2D eigenvalue weighted by Crippen LogP contribution is -2.42. The number of hydrogen-bond donors (Lipinski definition) is 3. The van der Waals surface area contributed by atoms with E-state index < -0.39 is 46.9 Å². The number of carbonyl (C=O) groups is 2. The fourth-order valence-electron chi connectivity index (χ4n) is 7.29. The molecule has 1 saturated carbocycles. The van der Waals surface area contributed by atoms with Crippen molar-refractivity contribution in [3.8, 4) is 11.1 Å². The largest absolute Gasteiger partial charge is 0.417 e. The summed E-state index contributed by atoms with van der Waals surface area (Å²) in [6.45, 7) is 0.571. The highest BCUT2D eigenvalue weighted by Crippen LogP contribution is 2.48. The van der Waals surface area contributed by atoms with Crippen LogP contribution in [0, 0.1) is 11.6 Å². The molecule has 0 bridgehead atoms. The van der Waals surface area contributed by atoms with Crippen molar-refractivity contribution in [1.29, 1.82) is 0 Å². The van der Waals surface area contributed by atoms with Gasteiger partial charge >= 0.3 is 6.18 Å². The molecule has 3 N–H and O–H groups in total. The van der Waals surface area contributed by atoms with E-state index in [1.165, 1.54) is 33.6 Å². The first-order valence-corrected chi connectivity index (χ1v) is 16.7. The van der Waals surface area contributed by atoms with Crippen molar-refractivity contribution in [1.82, 2.24) is 19.3 Å². The molecule has 3 aromatic heterocycles. The van der Waals surface area contributed by atoms with Crippen molar-refractivity contribution in [3.63, 3.8) is 0 Å². The van der Waals surface area contributed by atoms with Crippen LogP contribution in [0.2, 0.25) is 0 Å². The predicted molar refractivity (Wildman–Crippen MR) is 183 cm³/mol. The van der Waals surface area contributed by atoms with Gasteiger partial charge in [-0.25, -0.2) is 13.8 Å². The number of ketones is 1. The van der Waals surface area contributed by atoms with Crippen LogP contribution >= 0.6 is 0 Å². The van der Waals surface area contributed by atoms with Gasteiger partial charge in [-0.2, -0.15) is 13.2 Å². The third kappa shape index (κ3) is 6.27. The van der Waals surface area contributed by atoms with Gasteiger partial charge in [-0.15, -0.1) is 0 Å². The average molecular weight is 707 g/mol. The van der Waals surface area contributed by atoms with Gasteiger partial charge < -0.3 is 29.6 Å². The summed E-state index contributed by atoms with van der Waals surface area (Å²) in [6.07, 6.45) is 4.22. The molecule has 4 heterocycles. The molecule has 7 rings (SSSR count). The Balaban J connectivity index is 1.21. The number of anilines is 2. The molecule has 2 aliphatic rings. The molecule has 0 radical (unpaired) electrons. The number of fused-ring (bicyclic) bond motifs is 4. The van der Waals surface area contributed by atoms with E-state index >= 15 is 8.78 Å². The van der Waals surface area contributed by atoms with E-state index in [0.717, 1.165) is 43.5 Å². The molecule has 266 valence electrons. The molecule has 51 heavy (non-hydrogen) atoms. The van der Waals surface area contributed by atoms with Crippen LogP contribution in [0.25, 0.3) is 27.7 Å². The quantitative estimate of drug-likeness (QED) is 0.103. The zero-order chi connectivity index (χ0) is 36.2. The maximum absolute atomic E-state index is 15.3. The van der Waals surface area contributed by atoms with E-state index in [0.29, 0.717) is 47.2 Å². The summed E-state index contributed by atoms with van der Waals surface area (Å²) >= 11 is 0. The highest BCUT2D eigenvalue weighted by molar-refractivity contribution is 6.11. The summed E-state index contributed by atoms with van der Waals surface area (Å²) in [4.78, 5) is 32.5. The first-order chi connectivity index (χ1) is 24.3. The first kappa shape index (κ1) is 34.4. The van der Waals surface area contributed by atoms with Crippen LogP contribution in [0.1, 0.15) is 52.9 Å². The molecule has 5 aromatic rings. The minimum Gasteiger partial charge on any atom is -0.392 e. The number of nitrogens with one attached hydrogen (secondary N) is 2. The highest BCUT2D eigenvalue weighted by atomic mass is 19.4. The first-order valence-electron chi connectivity index (χ1n) is 16.7. The smallest absolute Gasteiger partial charge is 0.392 e. The lowest BCUT2D eigenvalue weighted by Gasteiger charge is -2.28. The molecule has 2 aromatic carbocycles. The monoisotopic (exact) mass is 706 g/mol. The van der Waals surface area contributed by atoms with Crippen molar-refractivity contribution in [3.05, 3.63) is 95.1 Å². The van der Waals surface area contributed by atoms with Gasteiger partial charge in [0.2, 0.25) is 11.7 Å². The van der Waals surface area contributed by atoms with E-state index in [1.807, 2.05) is 0 Å². The van der Waals surface area contributed by atoms with Crippen LogP contribution in [0.5, 0.6) is 0 Å². The lowest BCUT2D eigenvalue weighted by atomic mass is 9.92. The van der Waals surface area contributed by atoms with Crippen LogP contribution in [0.4, 0.5) is 33.3 Å². The number of pyridine rings is 1. The molecule has 0 saturated heterocycles. The maximum atomic E-state index is 15.3. The van der Waals surface area contributed by atoms with Crippen LogP contribution in [-0.4, -0.2) is 63.0 Å². The topological polar surface area (TPSA) is 104 Å². The number of alkyl halides is 3. The van der Waals surface area contributed by atoms with Gasteiger partial charge in [0, 0.05) is 62.2 Å². The van der Waals surface area contributed by atoms with Gasteiger partial charge in [0.15, 0.2) is 0 Å². The van der Waals surface area contributed by atoms with Crippen LogP contribution < -0.4 is 15.5 Å². The van der Waals surface area contributed by atoms with Gasteiger partial charge in [0.25, 0.3) is 0 Å². The number of benzene rings is 2. The van der Waals surface area contributed by atoms with E-state index in [2.05, 4.69) is 15.6 Å². The number of likely N-dealkylation sites (N-methyl/N-ethyl adjacent to an activating group) is 1. The second-order valence-corrected chi connectivity index (χ2v) is 13.1. The van der Waals surface area contributed by atoms with Crippen LogP contribution in [0.15, 0.2) is 61.1 Å². The number of imidazole rings is 1. The molecular weight excluding hydrogens is 671 g/mol. The van der Waals surface area contributed by atoms with Crippen LogP contribution in [-0.2, 0) is 24.4 Å². The molecular formula is C37H35F5N6O3. The predicted octanol–water partition coefficient (Wildman–Crippen LogP) is 6.40. The van der Waals surface area contributed by atoms with Crippen LogP contribution in [0.3, 0.4) is 0 Å². The summed E-state index contributed by atoms with van der Waals surface area (Å²) in [5.41, 5.74) is 0.236. The number of nitrogens with zero attached hydrogens (tertiary/aromatic N) is 4. The Morgan fingerprint density at radius 2 is 1.82 bits per heavy atom. The second-order valence-electron chi connectivity index (χ2n) is 13.1. The van der Waals surface area contributed by atoms with Gasteiger partial charge in [-0.3, -0.25) is 9.59 Å². The molecule has 1 fully saturated rings.